The summed E-state index contributed by atoms with van der Waals surface area (Å²) in [5, 5.41) is 8.77. The minimum atomic E-state index is -0.801. The Bertz CT molecular complexity index is 707. The van der Waals surface area contributed by atoms with E-state index >= 15 is 0 Å². The number of rotatable bonds is 1. The van der Waals surface area contributed by atoms with Crippen LogP contribution in [0.1, 0.15) is 5.56 Å². The van der Waals surface area contributed by atoms with Crippen LogP contribution in [0.3, 0.4) is 0 Å². The standard InChI is InChI=1S/C11H8N4O2/c12-6-8-7-14(9-4-2-1-3-5-9)11(17)15(13)10(8)16/h1-5,7H,13H2. The molecule has 0 saturated heterocycles. The third-order valence-corrected chi connectivity index (χ3v) is 2.27. The molecule has 0 spiro atoms. The molecule has 1 aromatic carbocycles. The van der Waals surface area contributed by atoms with Crippen LogP contribution in [-0.2, 0) is 0 Å². The van der Waals surface area contributed by atoms with Crippen molar-refractivity contribution in [3.05, 3.63) is 62.9 Å². The average molecular weight is 228 g/mol. The number of nitrogens with zero attached hydrogens (tertiary/aromatic N) is 3. The van der Waals surface area contributed by atoms with Crippen LogP contribution in [-0.4, -0.2) is 9.24 Å². The number of nitrogens with two attached hydrogens (primary N) is 1. The van der Waals surface area contributed by atoms with Gasteiger partial charge in [-0.2, -0.15) is 9.94 Å². The Morgan fingerprint density at radius 3 is 2.41 bits per heavy atom. The number of nitriles is 1. The normalized spacial score (nSPS) is 9.82. The lowest BCUT2D eigenvalue weighted by Crippen LogP contribution is -2.44. The lowest BCUT2D eigenvalue weighted by molar-refractivity contribution is 0.766. The molecule has 1 aromatic heterocycles. The van der Waals surface area contributed by atoms with Crippen molar-refractivity contribution in [2.75, 3.05) is 5.84 Å². The van der Waals surface area contributed by atoms with Gasteiger partial charge in [0, 0.05) is 6.20 Å². The molecule has 0 unspecified atom stereocenters. The summed E-state index contributed by atoms with van der Waals surface area (Å²) >= 11 is 0. The van der Waals surface area contributed by atoms with E-state index in [0.29, 0.717) is 10.4 Å². The summed E-state index contributed by atoms with van der Waals surface area (Å²) in [5.41, 5.74) is -1.14. The molecule has 2 N–H and O–H groups in total. The number of hydrogen-bond donors (Lipinski definition) is 1. The van der Waals surface area contributed by atoms with Crippen molar-refractivity contribution < 1.29 is 0 Å². The van der Waals surface area contributed by atoms with Gasteiger partial charge >= 0.3 is 5.69 Å². The second-order valence-electron chi connectivity index (χ2n) is 3.32. The Morgan fingerprint density at radius 1 is 1.18 bits per heavy atom. The lowest BCUT2D eigenvalue weighted by atomic mass is 10.3. The minimum Gasteiger partial charge on any atom is -0.332 e. The Balaban J connectivity index is 2.82. The second-order valence-corrected chi connectivity index (χ2v) is 3.32. The molecule has 0 amide bonds. The first kappa shape index (κ1) is 10.7. The summed E-state index contributed by atoms with van der Waals surface area (Å²) in [4.78, 5) is 23.2. The van der Waals surface area contributed by atoms with Gasteiger partial charge < -0.3 is 5.84 Å². The molecule has 0 aliphatic heterocycles. The van der Waals surface area contributed by atoms with Gasteiger partial charge in [-0.1, -0.05) is 18.2 Å². The first-order valence-corrected chi connectivity index (χ1v) is 4.74. The van der Waals surface area contributed by atoms with Crippen molar-refractivity contribution >= 4 is 0 Å². The Morgan fingerprint density at radius 2 is 1.82 bits per heavy atom. The van der Waals surface area contributed by atoms with Crippen molar-refractivity contribution in [1.82, 2.24) is 9.24 Å². The lowest BCUT2D eigenvalue weighted by Gasteiger charge is -2.07. The quantitative estimate of drug-likeness (QED) is 0.671. The highest BCUT2D eigenvalue weighted by Crippen LogP contribution is 2.02. The minimum absolute atomic E-state index is 0.184. The smallest absolute Gasteiger partial charge is 0.332 e. The molecule has 17 heavy (non-hydrogen) atoms. The van der Waals surface area contributed by atoms with Crippen LogP contribution in [0.4, 0.5) is 0 Å². The fourth-order valence-electron chi connectivity index (χ4n) is 1.42. The third kappa shape index (κ3) is 1.70. The highest BCUT2D eigenvalue weighted by Gasteiger charge is 2.09. The molecule has 2 aromatic rings. The molecule has 1 heterocycles. The Labute approximate surface area is 95.7 Å². The highest BCUT2D eigenvalue weighted by molar-refractivity contribution is 5.34. The summed E-state index contributed by atoms with van der Waals surface area (Å²) in [6.07, 6.45) is 1.18. The Hall–Kier alpha value is -2.81. The molecule has 0 atom stereocenters. The largest absolute Gasteiger partial charge is 0.354 e. The van der Waals surface area contributed by atoms with Crippen LogP contribution in [0, 0.1) is 11.3 Å². The van der Waals surface area contributed by atoms with Gasteiger partial charge in [0.2, 0.25) is 0 Å². The molecule has 0 aliphatic rings. The van der Waals surface area contributed by atoms with Gasteiger partial charge in [0.05, 0.1) is 5.69 Å². The van der Waals surface area contributed by atoms with Crippen LogP contribution >= 0.6 is 0 Å². The van der Waals surface area contributed by atoms with E-state index in [4.69, 9.17) is 11.1 Å². The van der Waals surface area contributed by atoms with E-state index in [1.54, 1.807) is 36.4 Å². The van der Waals surface area contributed by atoms with Gasteiger partial charge in [0.25, 0.3) is 5.56 Å². The topological polar surface area (TPSA) is 93.8 Å². The highest BCUT2D eigenvalue weighted by atomic mass is 16.2. The average Bonchev–Trinajstić information content (AvgIpc) is 2.37. The molecule has 0 saturated carbocycles. The van der Waals surface area contributed by atoms with Crippen LogP contribution in [0.5, 0.6) is 0 Å². The molecule has 2 rings (SSSR count). The van der Waals surface area contributed by atoms with E-state index in [-0.39, 0.29) is 5.56 Å². The van der Waals surface area contributed by atoms with E-state index in [1.807, 2.05) is 0 Å². The zero-order valence-corrected chi connectivity index (χ0v) is 8.70. The maximum Gasteiger partial charge on any atom is 0.354 e. The first-order chi connectivity index (χ1) is 8.15. The molecular weight excluding hydrogens is 220 g/mol. The number of benzene rings is 1. The summed E-state index contributed by atoms with van der Waals surface area (Å²) in [6, 6.07) is 10.3. The van der Waals surface area contributed by atoms with E-state index in [1.165, 1.54) is 6.20 Å². The van der Waals surface area contributed by atoms with Crippen molar-refractivity contribution in [2.24, 2.45) is 0 Å². The number of nitrogen functional groups attached to an aromatic ring is 1. The van der Waals surface area contributed by atoms with Gasteiger partial charge in [0.1, 0.15) is 11.6 Å². The summed E-state index contributed by atoms with van der Waals surface area (Å²) in [6.45, 7) is 0. The zero-order chi connectivity index (χ0) is 12.4. The molecule has 6 nitrogen and oxygen atoms in total. The van der Waals surface area contributed by atoms with Crippen molar-refractivity contribution in [1.29, 1.82) is 5.26 Å². The van der Waals surface area contributed by atoms with Crippen LogP contribution in [0.2, 0.25) is 0 Å². The van der Waals surface area contributed by atoms with Crippen molar-refractivity contribution in [3.8, 4) is 11.8 Å². The van der Waals surface area contributed by atoms with Gasteiger partial charge in [-0.15, -0.1) is 0 Å². The second kappa shape index (κ2) is 3.98. The molecule has 0 fully saturated rings. The maximum absolute atomic E-state index is 11.7. The van der Waals surface area contributed by atoms with E-state index in [2.05, 4.69) is 0 Å². The predicted molar refractivity (Wildman–Crippen MR) is 61.2 cm³/mol. The van der Waals surface area contributed by atoms with Crippen LogP contribution < -0.4 is 17.1 Å². The fraction of sp³-hybridized carbons (Fsp3) is 0. The van der Waals surface area contributed by atoms with Crippen LogP contribution in [0.15, 0.2) is 46.1 Å². The first-order valence-electron chi connectivity index (χ1n) is 4.74. The van der Waals surface area contributed by atoms with Gasteiger partial charge in [-0.3, -0.25) is 9.36 Å². The molecule has 0 aliphatic carbocycles. The monoisotopic (exact) mass is 228 g/mol. The third-order valence-electron chi connectivity index (χ3n) is 2.27. The summed E-state index contributed by atoms with van der Waals surface area (Å²) in [7, 11) is 0. The van der Waals surface area contributed by atoms with Gasteiger partial charge in [0.15, 0.2) is 0 Å². The van der Waals surface area contributed by atoms with Crippen molar-refractivity contribution in [2.45, 2.75) is 0 Å². The number of hydrogen-bond acceptors (Lipinski definition) is 4. The number of para-hydroxylation sites is 1. The van der Waals surface area contributed by atoms with E-state index in [9.17, 15) is 9.59 Å². The van der Waals surface area contributed by atoms with E-state index in [0.717, 1.165) is 4.57 Å². The molecule has 84 valence electrons. The van der Waals surface area contributed by atoms with Gasteiger partial charge in [-0.05, 0) is 12.1 Å². The molecule has 6 heteroatoms. The predicted octanol–water partition coefficient (Wildman–Crippen LogP) is -0.415. The van der Waals surface area contributed by atoms with Crippen molar-refractivity contribution in [3.63, 3.8) is 0 Å². The molecule has 0 radical (unpaired) electrons. The number of aromatic nitrogens is 2. The Kier molecular flexibility index (Phi) is 2.51. The zero-order valence-electron chi connectivity index (χ0n) is 8.70. The maximum atomic E-state index is 11.7. The molecular formula is C11H8N4O2. The fourth-order valence-corrected chi connectivity index (χ4v) is 1.42. The van der Waals surface area contributed by atoms with E-state index < -0.39 is 11.2 Å². The summed E-state index contributed by atoms with van der Waals surface area (Å²) in [5.74, 6) is 5.32. The van der Waals surface area contributed by atoms with Gasteiger partial charge in [-0.25, -0.2) is 4.79 Å². The summed E-state index contributed by atoms with van der Waals surface area (Å²) < 4.78 is 1.57. The molecule has 0 bridgehead atoms. The van der Waals surface area contributed by atoms with Crippen LogP contribution in [0.25, 0.3) is 5.69 Å². The SMILES string of the molecule is N#Cc1cn(-c2ccccc2)c(=O)n(N)c1=O.